The van der Waals surface area contributed by atoms with Crippen molar-refractivity contribution < 1.29 is 27.9 Å². The van der Waals surface area contributed by atoms with Gasteiger partial charge >= 0.3 is 18.2 Å². The van der Waals surface area contributed by atoms with E-state index < -0.39 is 29.7 Å². The minimum absolute atomic E-state index is 0.00803. The van der Waals surface area contributed by atoms with Gasteiger partial charge < -0.3 is 15.3 Å². The smallest absolute Gasteiger partial charge is 0.416 e. The van der Waals surface area contributed by atoms with Gasteiger partial charge in [-0.3, -0.25) is 4.79 Å². The molecule has 1 heterocycles. The molecule has 1 aromatic rings. The van der Waals surface area contributed by atoms with Gasteiger partial charge in [-0.2, -0.15) is 13.2 Å². The van der Waals surface area contributed by atoms with Crippen LogP contribution in [0.5, 0.6) is 0 Å². The highest BCUT2D eigenvalue weighted by molar-refractivity contribution is 6.33. The van der Waals surface area contributed by atoms with Crippen molar-refractivity contribution in [2.75, 3.05) is 18.4 Å². The van der Waals surface area contributed by atoms with E-state index in [4.69, 9.17) is 16.7 Å². The van der Waals surface area contributed by atoms with E-state index in [0.29, 0.717) is 13.0 Å². The van der Waals surface area contributed by atoms with Gasteiger partial charge in [0.15, 0.2) is 0 Å². The number of hydrogen-bond donors (Lipinski definition) is 2. The molecule has 1 aliphatic heterocycles. The summed E-state index contributed by atoms with van der Waals surface area (Å²) in [5, 5.41) is 11.3. The normalized spacial score (nSPS) is 21.5. The maximum Gasteiger partial charge on any atom is 0.416 e. The first-order chi connectivity index (χ1) is 11.1. The van der Waals surface area contributed by atoms with Crippen LogP contribution in [-0.2, 0) is 11.0 Å². The molecule has 1 aromatic carbocycles. The molecule has 9 heteroatoms. The second-order valence-electron chi connectivity index (χ2n) is 5.90. The largest absolute Gasteiger partial charge is 0.481 e. The molecule has 132 valence electrons. The Morgan fingerprint density at radius 1 is 1.33 bits per heavy atom. The highest BCUT2D eigenvalue weighted by Crippen LogP contribution is 2.34. The summed E-state index contributed by atoms with van der Waals surface area (Å²) in [5.74, 6) is -1.64. The third kappa shape index (κ3) is 4.31. The Morgan fingerprint density at radius 2 is 2.00 bits per heavy atom. The highest BCUT2D eigenvalue weighted by Gasteiger charge is 2.33. The molecule has 24 heavy (non-hydrogen) atoms. The third-order valence-electron chi connectivity index (χ3n) is 3.83. The fraction of sp³-hybridized carbons (Fsp3) is 0.467. The van der Waals surface area contributed by atoms with Gasteiger partial charge in [-0.15, -0.1) is 0 Å². The van der Waals surface area contributed by atoms with E-state index in [0.717, 1.165) is 18.2 Å². The van der Waals surface area contributed by atoms with Gasteiger partial charge in [0.1, 0.15) is 0 Å². The third-order valence-corrected chi connectivity index (χ3v) is 4.15. The van der Waals surface area contributed by atoms with Gasteiger partial charge in [0.2, 0.25) is 0 Å². The Labute approximate surface area is 141 Å². The first-order valence-electron chi connectivity index (χ1n) is 7.23. The van der Waals surface area contributed by atoms with Gasteiger partial charge in [-0.25, -0.2) is 4.79 Å². The number of carbonyl (C=O) groups is 2. The molecule has 0 radical (unpaired) electrons. The zero-order valence-corrected chi connectivity index (χ0v) is 13.5. The molecule has 2 unspecified atom stereocenters. The zero-order valence-electron chi connectivity index (χ0n) is 12.7. The van der Waals surface area contributed by atoms with Crippen LogP contribution in [0.1, 0.15) is 18.9 Å². The number of amides is 2. The number of alkyl halides is 3. The monoisotopic (exact) mass is 364 g/mol. The number of benzene rings is 1. The molecule has 5 nitrogen and oxygen atoms in total. The summed E-state index contributed by atoms with van der Waals surface area (Å²) in [5.41, 5.74) is -0.872. The average molecular weight is 365 g/mol. The molecule has 1 aliphatic rings. The standard InChI is InChI=1S/C15H16ClF3N2O3/c1-8-4-9(13(22)23)7-21(6-8)14(24)20-12-3-2-10(5-11(12)16)15(17,18)19/h2-3,5,8-9H,4,6-7H2,1H3,(H,20,24)(H,22,23). The van der Waals surface area contributed by atoms with Crippen LogP contribution >= 0.6 is 11.6 Å². The molecule has 0 bridgehead atoms. The molecule has 2 rings (SSSR count). The van der Waals surface area contributed by atoms with E-state index in [-0.39, 0.29) is 23.2 Å². The molecular weight excluding hydrogens is 349 g/mol. The molecule has 0 spiro atoms. The number of nitrogens with zero attached hydrogens (tertiary/aromatic N) is 1. The predicted molar refractivity (Wildman–Crippen MR) is 82.0 cm³/mol. The van der Waals surface area contributed by atoms with Crippen LogP contribution in [0, 0.1) is 11.8 Å². The van der Waals surface area contributed by atoms with Crippen LogP contribution < -0.4 is 5.32 Å². The lowest BCUT2D eigenvalue weighted by Crippen LogP contribution is -2.47. The Hall–Kier alpha value is -1.96. The predicted octanol–water partition coefficient (Wildman–Crippen LogP) is 3.93. The van der Waals surface area contributed by atoms with Crippen LogP contribution in [0.15, 0.2) is 18.2 Å². The Morgan fingerprint density at radius 3 is 2.54 bits per heavy atom. The number of urea groups is 1. The summed E-state index contributed by atoms with van der Waals surface area (Å²) in [4.78, 5) is 24.7. The lowest BCUT2D eigenvalue weighted by atomic mass is 9.91. The second-order valence-corrected chi connectivity index (χ2v) is 6.31. The Kier molecular flexibility index (Phi) is 5.27. The van der Waals surface area contributed by atoms with Crippen molar-refractivity contribution in [1.82, 2.24) is 4.90 Å². The van der Waals surface area contributed by atoms with E-state index in [2.05, 4.69) is 5.32 Å². The van der Waals surface area contributed by atoms with E-state index in [1.54, 1.807) is 0 Å². The van der Waals surface area contributed by atoms with Crippen molar-refractivity contribution >= 4 is 29.3 Å². The molecule has 0 aliphatic carbocycles. The molecule has 0 saturated carbocycles. The summed E-state index contributed by atoms with van der Waals surface area (Å²) in [6, 6.07) is 2.04. The van der Waals surface area contributed by atoms with Crippen molar-refractivity contribution in [3.63, 3.8) is 0 Å². The van der Waals surface area contributed by atoms with Gasteiger partial charge in [0.05, 0.1) is 22.2 Å². The van der Waals surface area contributed by atoms with Gasteiger partial charge in [0, 0.05) is 13.1 Å². The summed E-state index contributed by atoms with van der Waals surface area (Å²) in [7, 11) is 0. The topological polar surface area (TPSA) is 69.6 Å². The summed E-state index contributed by atoms with van der Waals surface area (Å²) in [6.07, 6.45) is -4.05. The number of carbonyl (C=O) groups excluding carboxylic acids is 1. The SMILES string of the molecule is CC1CC(C(=O)O)CN(C(=O)Nc2ccc(C(F)(F)F)cc2Cl)C1. The minimum Gasteiger partial charge on any atom is -0.481 e. The lowest BCUT2D eigenvalue weighted by Gasteiger charge is -2.34. The Bertz CT molecular complexity index is 651. The maximum absolute atomic E-state index is 12.6. The van der Waals surface area contributed by atoms with Crippen LogP contribution in [-0.4, -0.2) is 35.1 Å². The molecule has 2 N–H and O–H groups in total. The number of piperidine rings is 1. The minimum atomic E-state index is -4.52. The number of rotatable bonds is 2. The van der Waals surface area contributed by atoms with Crippen LogP contribution in [0.4, 0.5) is 23.7 Å². The Balaban J connectivity index is 2.10. The first kappa shape index (κ1) is 18.4. The summed E-state index contributed by atoms with van der Waals surface area (Å²) < 4.78 is 37.8. The lowest BCUT2D eigenvalue weighted by molar-refractivity contribution is -0.143. The number of carboxylic acid groups (broad SMARTS) is 1. The number of aliphatic carboxylic acids is 1. The number of anilines is 1. The van der Waals surface area contributed by atoms with Crippen LogP contribution in [0.25, 0.3) is 0 Å². The van der Waals surface area contributed by atoms with Crippen LogP contribution in [0.3, 0.4) is 0 Å². The van der Waals surface area contributed by atoms with Gasteiger partial charge in [-0.05, 0) is 30.5 Å². The zero-order chi connectivity index (χ0) is 18.1. The van der Waals surface area contributed by atoms with Crippen molar-refractivity contribution in [3.8, 4) is 0 Å². The van der Waals surface area contributed by atoms with Crippen molar-refractivity contribution in [1.29, 1.82) is 0 Å². The van der Waals surface area contributed by atoms with Crippen LogP contribution in [0.2, 0.25) is 5.02 Å². The van der Waals surface area contributed by atoms with Crippen molar-refractivity contribution in [2.45, 2.75) is 19.5 Å². The van der Waals surface area contributed by atoms with E-state index >= 15 is 0 Å². The van der Waals surface area contributed by atoms with E-state index in [1.807, 2.05) is 6.92 Å². The molecular formula is C15H16ClF3N2O3. The summed E-state index contributed by atoms with van der Waals surface area (Å²) in [6.45, 7) is 2.25. The molecule has 2 atom stereocenters. The molecule has 0 aromatic heterocycles. The fourth-order valence-electron chi connectivity index (χ4n) is 2.68. The number of nitrogens with one attached hydrogen (secondary N) is 1. The van der Waals surface area contributed by atoms with Gasteiger partial charge in [0.25, 0.3) is 0 Å². The number of carboxylic acids is 1. The number of halogens is 4. The highest BCUT2D eigenvalue weighted by atomic mass is 35.5. The number of likely N-dealkylation sites (tertiary alicyclic amines) is 1. The average Bonchev–Trinajstić information content (AvgIpc) is 2.47. The van der Waals surface area contributed by atoms with Crippen molar-refractivity contribution in [2.24, 2.45) is 11.8 Å². The van der Waals surface area contributed by atoms with Gasteiger partial charge in [-0.1, -0.05) is 18.5 Å². The second kappa shape index (κ2) is 6.88. The molecule has 2 amide bonds. The van der Waals surface area contributed by atoms with E-state index in [9.17, 15) is 22.8 Å². The quantitative estimate of drug-likeness (QED) is 0.835. The van der Waals surface area contributed by atoms with Crippen molar-refractivity contribution in [3.05, 3.63) is 28.8 Å². The number of hydrogen-bond acceptors (Lipinski definition) is 2. The molecule has 1 fully saturated rings. The fourth-order valence-corrected chi connectivity index (χ4v) is 2.91. The van der Waals surface area contributed by atoms with E-state index in [1.165, 1.54) is 4.90 Å². The summed E-state index contributed by atoms with van der Waals surface area (Å²) >= 11 is 5.80. The maximum atomic E-state index is 12.6. The first-order valence-corrected chi connectivity index (χ1v) is 7.61. The molecule has 1 saturated heterocycles.